The summed E-state index contributed by atoms with van der Waals surface area (Å²) in [6.45, 7) is 1.99. The number of piperidine rings is 1. The molecule has 1 saturated heterocycles. The molecule has 0 unspecified atom stereocenters. The maximum absolute atomic E-state index is 12.5. The third-order valence-corrected chi connectivity index (χ3v) is 4.32. The number of hydrogen-bond acceptors (Lipinski definition) is 5. The first-order valence-electron chi connectivity index (χ1n) is 8.45. The number of amides is 1. The van der Waals surface area contributed by atoms with Crippen molar-refractivity contribution in [2.45, 2.75) is 19.0 Å². The lowest BCUT2D eigenvalue weighted by Crippen LogP contribution is -2.40. The smallest absolute Gasteiger partial charge is 0.475 e. The number of nitrogens with two attached hydrogens (primary N) is 1. The molecular weight excluding hydrogens is 381 g/mol. The largest absolute Gasteiger partial charge is 0.490 e. The highest BCUT2D eigenvalue weighted by atomic mass is 19.4. The van der Waals surface area contributed by atoms with E-state index in [0.717, 1.165) is 12.8 Å². The summed E-state index contributed by atoms with van der Waals surface area (Å²) in [4.78, 5) is 35.1. The van der Waals surface area contributed by atoms with Gasteiger partial charge in [0.15, 0.2) is 11.2 Å². The lowest BCUT2D eigenvalue weighted by molar-refractivity contribution is -0.192. The molecule has 0 bridgehead atoms. The van der Waals surface area contributed by atoms with Gasteiger partial charge in [0.1, 0.15) is 5.58 Å². The molecule has 1 fully saturated rings. The van der Waals surface area contributed by atoms with E-state index in [1.54, 1.807) is 29.2 Å². The molecule has 10 heteroatoms. The molecule has 3 rings (SSSR count). The van der Waals surface area contributed by atoms with Crippen molar-refractivity contribution < 1.29 is 32.3 Å². The van der Waals surface area contributed by atoms with E-state index in [2.05, 4.69) is 0 Å². The molecule has 152 valence electrons. The van der Waals surface area contributed by atoms with Crippen molar-refractivity contribution in [3.63, 3.8) is 0 Å². The van der Waals surface area contributed by atoms with Crippen LogP contribution in [0.3, 0.4) is 0 Å². The molecule has 0 spiro atoms. The summed E-state index contributed by atoms with van der Waals surface area (Å²) in [5.74, 6) is -2.37. The minimum atomic E-state index is -5.08. The molecule has 3 N–H and O–H groups in total. The van der Waals surface area contributed by atoms with E-state index < -0.39 is 12.1 Å². The van der Waals surface area contributed by atoms with Gasteiger partial charge in [0.05, 0.1) is 5.39 Å². The van der Waals surface area contributed by atoms with Crippen LogP contribution in [-0.2, 0) is 4.79 Å². The molecule has 0 atom stereocenters. The van der Waals surface area contributed by atoms with Crippen LogP contribution >= 0.6 is 0 Å². The molecule has 2 heterocycles. The number of hydrogen-bond donors (Lipinski definition) is 2. The van der Waals surface area contributed by atoms with Gasteiger partial charge in [0, 0.05) is 19.2 Å². The zero-order chi connectivity index (χ0) is 20.9. The van der Waals surface area contributed by atoms with Crippen LogP contribution in [0.25, 0.3) is 11.0 Å². The number of carboxylic acids is 1. The van der Waals surface area contributed by atoms with Crippen molar-refractivity contribution >= 4 is 22.8 Å². The molecule has 2 aromatic rings. The first-order valence-corrected chi connectivity index (χ1v) is 8.45. The van der Waals surface area contributed by atoms with Crippen LogP contribution in [0.15, 0.2) is 39.5 Å². The van der Waals surface area contributed by atoms with Crippen LogP contribution in [0.5, 0.6) is 0 Å². The number of benzene rings is 1. The predicted octanol–water partition coefficient (Wildman–Crippen LogP) is 2.24. The first kappa shape index (κ1) is 21.4. The molecule has 1 aromatic carbocycles. The standard InChI is InChI=1S/C16H18N2O3.C2HF3O2/c17-10-11-5-7-18(8-6-11)16(20)15-9-13(19)12-3-1-2-4-14(12)21-15;3-2(4,5)1(6)7/h1-4,9,11H,5-8,10,17H2;(H,6,7). The topological polar surface area (TPSA) is 114 Å². The van der Waals surface area contributed by atoms with E-state index in [9.17, 15) is 22.8 Å². The van der Waals surface area contributed by atoms with Crippen LogP contribution in [0.1, 0.15) is 23.4 Å². The number of likely N-dealkylation sites (tertiary alicyclic amines) is 1. The highest BCUT2D eigenvalue weighted by Crippen LogP contribution is 2.19. The number of para-hydroxylation sites is 1. The summed E-state index contributed by atoms with van der Waals surface area (Å²) in [7, 11) is 0. The normalized spacial score (nSPS) is 15.1. The first-order chi connectivity index (χ1) is 13.1. The third-order valence-electron chi connectivity index (χ3n) is 4.32. The van der Waals surface area contributed by atoms with Crippen molar-refractivity contribution in [2.24, 2.45) is 11.7 Å². The van der Waals surface area contributed by atoms with Crippen molar-refractivity contribution in [3.05, 3.63) is 46.3 Å². The number of rotatable bonds is 2. The van der Waals surface area contributed by atoms with Gasteiger partial charge in [-0.15, -0.1) is 0 Å². The highest BCUT2D eigenvalue weighted by molar-refractivity contribution is 5.93. The van der Waals surface area contributed by atoms with Gasteiger partial charge in [0.25, 0.3) is 5.91 Å². The quantitative estimate of drug-likeness (QED) is 0.799. The third kappa shape index (κ3) is 5.32. The second-order valence-corrected chi connectivity index (χ2v) is 6.25. The van der Waals surface area contributed by atoms with Crippen LogP contribution in [-0.4, -0.2) is 47.7 Å². The van der Waals surface area contributed by atoms with Crippen molar-refractivity contribution in [3.8, 4) is 0 Å². The Balaban J connectivity index is 0.000000345. The van der Waals surface area contributed by atoms with Gasteiger partial charge in [-0.2, -0.15) is 13.2 Å². The van der Waals surface area contributed by atoms with E-state index in [0.29, 0.717) is 36.5 Å². The fourth-order valence-electron chi connectivity index (χ4n) is 2.74. The fraction of sp³-hybridized carbons (Fsp3) is 0.389. The molecule has 0 saturated carbocycles. The monoisotopic (exact) mass is 400 g/mol. The van der Waals surface area contributed by atoms with E-state index in [1.165, 1.54) is 6.07 Å². The number of fused-ring (bicyclic) bond motifs is 1. The number of carboxylic acid groups (broad SMARTS) is 1. The number of carbonyl (C=O) groups excluding carboxylic acids is 1. The summed E-state index contributed by atoms with van der Waals surface area (Å²) in [6.07, 6.45) is -3.28. The minimum Gasteiger partial charge on any atom is -0.475 e. The Morgan fingerprint density at radius 2 is 1.79 bits per heavy atom. The fourth-order valence-corrected chi connectivity index (χ4v) is 2.74. The average molecular weight is 400 g/mol. The Hall–Kier alpha value is -2.88. The van der Waals surface area contributed by atoms with Gasteiger partial charge >= 0.3 is 12.1 Å². The average Bonchev–Trinajstić information content (AvgIpc) is 2.67. The Kier molecular flexibility index (Phi) is 6.79. The van der Waals surface area contributed by atoms with Crippen LogP contribution in [0, 0.1) is 5.92 Å². The number of aliphatic carboxylic acids is 1. The van der Waals surface area contributed by atoms with E-state index in [4.69, 9.17) is 20.1 Å². The molecule has 1 aliphatic rings. The van der Waals surface area contributed by atoms with Gasteiger partial charge in [-0.05, 0) is 37.4 Å². The van der Waals surface area contributed by atoms with Crippen LogP contribution in [0.4, 0.5) is 13.2 Å². The lowest BCUT2D eigenvalue weighted by Gasteiger charge is -2.30. The second-order valence-electron chi connectivity index (χ2n) is 6.25. The summed E-state index contributed by atoms with van der Waals surface area (Å²) < 4.78 is 37.3. The van der Waals surface area contributed by atoms with Crippen LogP contribution in [0.2, 0.25) is 0 Å². The lowest BCUT2D eigenvalue weighted by atomic mass is 9.97. The molecule has 7 nitrogen and oxygen atoms in total. The van der Waals surface area contributed by atoms with E-state index in [1.807, 2.05) is 0 Å². The Bertz CT molecular complexity index is 902. The minimum absolute atomic E-state index is 0.116. The van der Waals surface area contributed by atoms with Crippen molar-refractivity contribution in [2.75, 3.05) is 19.6 Å². The Morgan fingerprint density at radius 1 is 1.21 bits per heavy atom. The summed E-state index contributed by atoms with van der Waals surface area (Å²) in [5, 5.41) is 7.62. The number of alkyl halides is 3. The van der Waals surface area contributed by atoms with Crippen molar-refractivity contribution in [1.29, 1.82) is 0 Å². The highest BCUT2D eigenvalue weighted by Gasteiger charge is 2.38. The molecule has 1 aliphatic heterocycles. The number of nitrogens with zero attached hydrogens (tertiary/aromatic N) is 1. The van der Waals surface area contributed by atoms with E-state index >= 15 is 0 Å². The summed E-state index contributed by atoms with van der Waals surface area (Å²) in [5.41, 5.74) is 5.92. The van der Waals surface area contributed by atoms with Gasteiger partial charge in [-0.1, -0.05) is 12.1 Å². The van der Waals surface area contributed by atoms with Gasteiger partial charge < -0.3 is 20.2 Å². The summed E-state index contributed by atoms with van der Waals surface area (Å²) >= 11 is 0. The molecule has 1 aromatic heterocycles. The van der Waals surface area contributed by atoms with Gasteiger partial charge in [-0.3, -0.25) is 9.59 Å². The predicted molar refractivity (Wildman–Crippen MR) is 93.9 cm³/mol. The molecule has 0 aliphatic carbocycles. The molecular formula is C18H19F3N2O5. The van der Waals surface area contributed by atoms with Crippen molar-refractivity contribution in [1.82, 2.24) is 4.90 Å². The number of carbonyl (C=O) groups is 2. The maximum atomic E-state index is 12.5. The summed E-state index contributed by atoms with van der Waals surface area (Å²) in [6, 6.07) is 8.25. The maximum Gasteiger partial charge on any atom is 0.490 e. The van der Waals surface area contributed by atoms with Gasteiger partial charge in [-0.25, -0.2) is 4.79 Å². The Labute approximate surface area is 157 Å². The van der Waals surface area contributed by atoms with Gasteiger partial charge in [0.2, 0.25) is 0 Å². The zero-order valence-electron chi connectivity index (χ0n) is 14.7. The zero-order valence-corrected chi connectivity index (χ0v) is 14.7. The van der Waals surface area contributed by atoms with E-state index in [-0.39, 0.29) is 17.1 Å². The molecule has 0 radical (unpaired) electrons. The Morgan fingerprint density at radius 3 is 2.32 bits per heavy atom. The molecule has 28 heavy (non-hydrogen) atoms. The second kappa shape index (κ2) is 8.87. The van der Waals surface area contributed by atoms with Crippen LogP contribution < -0.4 is 11.2 Å². The molecule has 1 amide bonds. The number of halogens is 3. The SMILES string of the molecule is NCC1CCN(C(=O)c2cc(=O)c3ccccc3o2)CC1.O=C(O)C(F)(F)F.